The first-order chi connectivity index (χ1) is 5.77. The number of nitrogens with two attached hydrogens (primary N) is 1. The molecule has 0 atom stereocenters. The van der Waals surface area contributed by atoms with Crippen molar-refractivity contribution in [2.75, 3.05) is 6.54 Å². The van der Waals surface area contributed by atoms with Gasteiger partial charge in [0.25, 0.3) is 0 Å². The van der Waals surface area contributed by atoms with Crippen molar-refractivity contribution < 1.29 is 5.21 Å². The fraction of sp³-hybridized carbons (Fsp3) is 0.125. The SMILES string of the molecule is NCC(=NO)c1ccc(Cl)cc1. The van der Waals surface area contributed by atoms with Gasteiger partial charge in [-0.3, -0.25) is 0 Å². The Morgan fingerprint density at radius 1 is 1.42 bits per heavy atom. The van der Waals surface area contributed by atoms with Crippen molar-refractivity contribution in [2.24, 2.45) is 10.9 Å². The minimum atomic E-state index is 0.206. The van der Waals surface area contributed by atoms with Gasteiger partial charge in [0, 0.05) is 17.1 Å². The highest BCUT2D eigenvalue weighted by atomic mass is 35.5. The smallest absolute Gasteiger partial charge is 0.100 e. The Balaban J connectivity index is 2.96. The Hall–Kier alpha value is -1.06. The minimum absolute atomic E-state index is 0.206. The third kappa shape index (κ3) is 1.96. The maximum absolute atomic E-state index is 8.52. The van der Waals surface area contributed by atoms with Crippen LogP contribution in [0, 0.1) is 0 Å². The van der Waals surface area contributed by atoms with E-state index in [1.54, 1.807) is 24.3 Å². The number of halogens is 1. The van der Waals surface area contributed by atoms with Crippen LogP contribution in [0.1, 0.15) is 5.56 Å². The van der Waals surface area contributed by atoms with Crippen LogP contribution < -0.4 is 5.73 Å². The van der Waals surface area contributed by atoms with Crippen LogP contribution in [0.3, 0.4) is 0 Å². The molecule has 3 nitrogen and oxygen atoms in total. The summed E-state index contributed by atoms with van der Waals surface area (Å²) in [5, 5.41) is 12.2. The van der Waals surface area contributed by atoms with Gasteiger partial charge in [-0.2, -0.15) is 0 Å². The van der Waals surface area contributed by atoms with Crippen LogP contribution in [-0.2, 0) is 0 Å². The summed E-state index contributed by atoms with van der Waals surface area (Å²) in [4.78, 5) is 0. The molecule has 0 radical (unpaired) electrons. The van der Waals surface area contributed by atoms with Crippen LogP contribution in [-0.4, -0.2) is 17.5 Å². The standard InChI is InChI=1S/C8H9ClN2O/c9-7-3-1-6(2-4-7)8(5-10)11-12/h1-4,12H,5,10H2. The van der Waals surface area contributed by atoms with E-state index >= 15 is 0 Å². The van der Waals surface area contributed by atoms with Crippen molar-refractivity contribution >= 4 is 17.3 Å². The van der Waals surface area contributed by atoms with E-state index in [4.69, 9.17) is 22.5 Å². The van der Waals surface area contributed by atoms with Crippen molar-refractivity contribution in [3.05, 3.63) is 34.9 Å². The molecule has 0 spiro atoms. The molecule has 0 aromatic heterocycles. The Morgan fingerprint density at radius 3 is 2.42 bits per heavy atom. The summed E-state index contributed by atoms with van der Waals surface area (Å²) in [7, 11) is 0. The molecule has 12 heavy (non-hydrogen) atoms. The molecular formula is C8H9ClN2O. The topological polar surface area (TPSA) is 58.6 Å². The van der Waals surface area contributed by atoms with E-state index in [1.807, 2.05) is 0 Å². The molecule has 0 saturated heterocycles. The average molecular weight is 185 g/mol. The first kappa shape index (κ1) is 9.03. The third-order valence-corrected chi connectivity index (χ3v) is 1.74. The van der Waals surface area contributed by atoms with Crippen molar-refractivity contribution in [3.63, 3.8) is 0 Å². The van der Waals surface area contributed by atoms with Crippen LogP contribution in [0.25, 0.3) is 0 Å². The van der Waals surface area contributed by atoms with Gasteiger partial charge in [-0.25, -0.2) is 0 Å². The van der Waals surface area contributed by atoms with Crippen LogP contribution in [0.5, 0.6) is 0 Å². The molecule has 1 aromatic rings. The van der Waals surface area contributed by atoms with Gasteiger partial charge in [-0.05, 0) is 12.1 Å². The molecular weight excluding hydrogens is 176 g/mol. The molecule has 1 rings (SSSR count). The highest BCUT2D eigenvalue weighted by Gasteiger charge is 2.00. The lowest BCUT2D eigenvalue weighted by molar-refractivity contribution is 0.318. The molecule has 0 heterocycles. The van der Waals surface area contributed by atoms with Gasteiger partial charge in [0.2, 0.25) is 0 Å². The van der Waals surface area contributed by atoms with Crippen molar-refractivity contribution in [1.29, 1.82) is 0 Å². The molecule has 3 N–H and O–H groups in total. The maximum atomic E-state index is 8.52. The molecule has 0 unspecified atom stereocenters. The second-order valence-electron chi connectivity index (χ2n) is 2.26. The van der Waals surface area contributed by atoms with E-state index in [-0.39, 0.29) is 6.54 Å². The fourth-order valence-corrected chi connectivity index (χ4v) is 0.985. The minimum Gasteiger partial charge on any atom is -0.411 e. The zero-order valence-corrected chi connectivity index (χ0v) is 7.12. The van der Waals surface area contributed by atoms with Gasteiger partial charge in [-0.15, -0.1) is 0 Å². The number of nitrogens with zero attached hydrogens (tertiary/aromatic N) is 1. The van der Waals surface area contributed by atoms with Crippen LogP contribution in [0.2, 0.25) is 5.02 Å². The zero-order valence-electron chi connectivity index (χ0n) is 6.37. The maximum Gasteiger partial charge on any atom is 0.100 e. The first-order valence-electron chi connectivity index (χ1n) is 3.45. The molecule has 0 amide bonds. The van der Waals surface area contributed by atoms with E-state index in [2.05, 4.69) is 5.16 Å². The number of rotatable bonds is 2. The Morgan fingerprint density at radius 2 is 2.00 bits per heavy atom. The van der Waals surface area contributed by atoms with Gasteiger partial charge in [-0.1, -0.05) is 28.9 Å². The zero-order chi connectivity index (χ0) is 8.97. The Labute approximate surface area is 75.4 Å². The number of oxime groups is 1. The normalized spacial score (nSPS) is 11.7. The lowest BCUT2D eigenvalue weighted by Crippen LogP contribution is -2.14. The van der Waals surface area contributed by atoms with Gasteiger partial charge in [0.1, 0.15) is 5.71 Å². The summed E-state index contributed by atoms with van der Waals surface area (Å²) in [5.74, 6) is 0. The second-order valence-corrected chi connectivity index (χ2v) is 2.69. The second kappa shape index (κ2) is 4.09. The van der Waals surface area contributed by atoms with E-state index in [9.17, 15) is 0 Å². The van der Waals surface area contributed by atoms with E-state index < -0.39 is 0 Å². The third-order valence-electron chi connectivity index (χ3n) is 1.49. The van der Waals surface area contributed by atoms with Gasteiger partial charge in [0.15, 0.2) is 0 Å². The molecule has 0 aliphatic heterocycles. The van der Waals surface area contributed by atoms with Gasteiger partial charge < -0.3 is 10.9 Å². The quantitative estimate of drug-likeness (QED) is 0.416. The molecule has 1 aromatic carbocycles. The molecule has 0 fully saturated rings. The van der Waals surface area contributed by atoms with E-state index in [0.29, 0.717) is 10.7 Å². The predicted molar refractivity (Wildman–Crippen MR) is 48.8 cm³/mol. The molecule has 0 saturated carbocycles. The van der Waals surface area contributed by atoms with Crippen molar-refractivity contribution in [2.45, 2.75) is 0 Å². The average Bonchev–Trinajstić information content (AvgIpc) is 2.10. The Bertz CT molecular complexity index is 282. The van der Waals surface area contributed by atoms with Crippen molar-refractivity contribution in [1.82, 2.24) is 0 Å². The lowest BCUT2D eigenvalue weighted by Gasteiger charge is -2.00. The van der Waals surface area contributed by atoms with E-state index in [0.717, 1.165) is 5.56 Å². The largest absolute Gasteiger partial charge is 0.411 e. The summed E-state index contributed by atoms with van der Waals surface area (Å²) in [5.41, 5.74) is 6.56. The number of hydrogen-bond acceptors (Lipinski definition) is 3. The molecule has 0 aliphatic carbocycles. The van der Waals surface area contributed by atoms with Gasteiger partial charge >= 0.3 is 0 Å². The van der Waals surface area contributed by atoms with E-state index in [1.165, 1.54) is 0 Å². The highest BCUT2D eigenvalue weighted by Crippen LogP contribution is 2.09. The van der Waals surface area contributed by atoms with Crippen LogP contribution in [0.4, 0.5) is 0 Å². The van der Waals surface area contributed by atoms with Crippen molar-refractivity contribution in [3.8, 4) is 0 Å². The lowest BCUT2D eigenvalue weighted by atomic mass is 10.1. The molecule has 0 bridgehead atoms. The number of hydrogen-bond donors (Lipinski definition) is 2. The fourth-order valence-electron chi connectivity index (χ4n) is 0.859. The number of benzene rings is 1. The summed E-state index contributed by atoms with van der Waals surface area (Å²) >= 11 is 5.67. The molecule has 64 valence electrons. The summed E-state index contributed by atoms with van der Waals surface area (Å²) < 4.78 is 0. The highest BCUT2D eigenvalue weighted by molar-refractivity contribution is 6.30. The summed E-state index contributed by atoms with van der Waals surface area (Å²) in [6.07, 6.45) is 0. The first-order valence-corrected chi connectivity index (χ1v) is 3.82. The monoisotopic (exact) mass is 184 g/mol. The Kier molecular flexibility index (Phi) is 3.08. The molecule has 0 aliphatic rings. The summed E-state index contributed by atoms with van der Waals surface area (Å²) in [6.45, 7) is 0.206. The molecule has 4 heteroatoms. The van der Waals surface area contributed by atoms with Crippen LogP contribution in [0.15, 0.2) is 29.4 Å². The van der Waals surface area contributed by atoms with Gasteiger partial charge in [0.05, 0.1) is 0 Å². The van der Waals surface area contributed by atoms with Crippen LogP contribution >= 0.6 is 11.6 Å². The summed E-state index contributed by atoms with van der Waals surface area (Å²) in [6, 6.07) is 6.95. The predicted octanol–water partition coefficient (Wildman–Crippen LogP) is 1.48.